The summed E-state index contributed by atoms with van der Waals surface area (Å²) in [5.41, 5.74) is 0.901. The Morgan fingerprint density at radius 3 is 2.50 bits per heavy atom. The molecule has 0 unspecified atom stereocenters. The molecule has 1 atom stereocenters. The third-order valence-electron chi connectivity index (χ3n) is 3.75. The summed E-state index contributed by atoms with van der Waals surface area (Å²) in [6, 6.07) is 14.5. The second-order valence-electron chi connectivity index (χ2n) is 5.45. The van der Waals surface area contributed by atoms with Crippen molar-refractivity contribution >= 4 is 49.3 Å². The second-order valence-corrected chi connectivity index (χ2v) is 9.95. The number of halogens is 2. The first-order valence-corrected chi connectivity index (χ1v) is 10.7. The summed E-state index contributed by atoms with van der Waals surface area (Å²) < 4.78 is 28.1. The molecule has 2 aromatic rings. The molecule has 24 heavy (non-hydrogen) atoms. The predicted molar refractivity (Wildman–Crippen MR) is 103 cm³/mol. The molecule has 1 saturated heterocycles. The molecule has 0 spiro atoms. The zero-order valence-corrected chi connectivity index (χ0v) is 16.6. The van der Waals surface area contributed by atoms with Crippen molar-refractivity contribution in [1.29, 1.82) is 0 Å². The van der Waals surface area contributed by atoms with E-state index in [2.05, 4.69) is 22.5 Å². The van der Waals surface area contributed by atoms with Gasteiger partial charge in [0.1, 0.15) is 4.90 Å². The van der Waals surface area contributed by atoms with E-state index in [0.717, 1.165) is 14.9 Å². The fraction of sp³-hybridized carbons (Fsp3) is 0.176. The summed E-state index contributed by atoms with van der Waals surface area (Å²) >= 11 is 11.1. The first-order chi connectivity index (χ1) is 11.4. The van der Waals surface area contributed by atoms with E-state index in [9.17, 15) is 8.42 Å². The summed E-state index contributed by atoms with van der Waals surface area (Å²) in [6.07, 6.45) is 0. The number of benzene rings is 2. The highest BCUT2D eigenvalue weighted by Crippen LogP contribution is 2.36. The molecule has 0 aromatic heterocycles. The van der Waals surface area contributed by atoms with E-state index in [1.54, 1.807) is 30.0 Å². The molecule has 7 heteroatoms. The highest BCUT2D eigenvalue weighted by molar-refractivity contribution is 9.10. The highest BCUT2D eigenvalue weighted by atomic mass is 79.9. The summed E-state index contributed by atoms with van der Waals surface area (Å²) in [6.45, 7) is 4.78. The number of hydrogen-bond acceptors (Lipinski definition) is 3. The second kappa shape index (κ2) is 7.22. The molecule has 3 nitrogen and oxygen atoms in total. The third kappa shape index (κ3) is 3.73. The van der Waals surface area contributed by atoms with Gasteiger partial charge in [0.25, 0.3) is 0 Å². The maximum absolute atomic E-state index is 12.8. The van der Waals surface area contributed by atoms with Gasteiger partial charge in [0.2, 0.25) is 10.0 Å². The van der Waals surface area contributed by atoms with Gasteiger partial charge < -0.3 is 0 Å². The van der Waals surface area contributed by atoms with Gasteiger partial charge in [-0.1, -0.05) is 46.2 Å². The normalized spacial score (nSPS) is 18.9. The van der Waals surface area contributed by atoms with Crippen molar-refractivity contribution in [2.45, 2.75) is 15.0 Å². The van der Waals surface area contributed by atoms with Gasteiger partial charge >= 0.3 is 0 Å². The Kier molecular flexibility index (Phi) is 5.42. The van der Waals surface area contributed by atoms with Crippen LogP contribution < -0.4 is 0 Å². The zero-order chi connectivity index (χ0) is 17.3. The van der Waals surface area contributed by atoms with Gasteiger partial charge in [0.15, 0.2) is 0 Å². The zero-order valence-electron chi connectivity index (χ0n) is 12.7. The Balaban J connectivity index is 1.79. The molecular formula is C17H15BrClNO2S2. The van der Waals surface area contributed by atoms with Crippen molar-refractivity contribution in [2.75, 3.05) is 13.1 Å². The molecule has 1 fully saturated rings. The van der Waals surface area contributed by atoms with Crippen LogP contribution in [0.3, 0.4) is 0 Å². The fourth-order valence-electron chi connectivity index (χ4n) is 2.48. The van der Waals surface area contributed by atoms with Crippen LogP contribution in [-0.2, 0) is 10.0 Å². The average molecular weight is 445 g/mol. The smallest absolute Gasteiger partial charge is 0.207 e. The number of hydrogen-bond donors (Lipinski definition) is 0. The Morgan fingerprint density at radius 2 is 1.83 bits per heavy atom. The minimum atomic E-state index is -3.61. The van der Waals surface area contributed by atoms with E-state index < -0.39 is 10.0 Å². The van der Waals surface area contributed by atoms with Crippen molar-refractivity contribution < 1.29 is 8.42 Å². The molecule has 1 aliphatic rings. The van der Waals surface area contributed by atoms with E-state index >= 15 is 0 Å². The molecule has 0 amide bonds. The highest BCUT2D eigenvalue weighted by Gasteiger charge is 2.36. The van der Waals surface area contributed by atoms with Crippen LogP contribution in [0.15, 0.2) is 74.9 Å². The Labute approximate surface area is 159 Å². The molecule has 1 aliphatic heterocycles. The van der Waals surface area contributed by atoms with Crippen LogP contribution in [0.4, 0.5) is 0 Å². The van der Waals surface area contributed by atoms with E-state index in [-0.39, 0.29) is 15.2 Å². The molecular weight excluding hydrogens is 430 g/mol. The molecule has 0 bridgehead atoms. The molecule has 0 aliphatic carbocycles. The van der Waals surface area contributed by atoms with Crippen LogP contribution in [0.2, 0.25) is 5.02 Å². The van der Waals surface area contributed by atoms with E-state index in [0.29, 0.717) is 13.1 Å². The van der Waals surface area contributed by atoms with Gasteiger partial charge in [-0.2, -0.15) is 4.31 Å². The minimum Gasteiger partial charge on any atom is -0.207 e. The van der Waals surface area contributed by atoms with Crippen LogP contribution in [0.1, 0.15) is 0 Å². The van der Waals surface area contributed by atoms with Crippen molar-refractivity contribution in [3.63, 3.8) is 0 Å². The van der Waals surface area contributed by atoms with E-state index in [1.165, 1.54) is 10.4 Å². The van der Waals surface area contributed by atoms with E-state index in [4.69, 9.17) is 11.6 Å². The molecule has 126 valence electrons. The summed E-state index contributed by atoms with van der Waals surface area (Å²) in [7, 11) is -3.61. The minimum absolute atomic E-state index is 0.0310. The van der Waals surface area contributed by atoms with Gasteiger partial charge in [-0.15, -0.1) is 11.8 Å². The monoisotopic (exact) mass is 443 g/mol. The lowest BCUT2D eigenvalue weighted by atomic mass is 10.3. The lowest BCUT2D eigenvalue weighted by molar-refractivity contribution is 0.483. The number of rotatable bonds is 4. The maximum atomic E-state index is 12.8. The van der Waals surface area contributed by atoms with Crippen LogP contribution in [0.5, 0.6) is 0 Å². The average Bonchev–Trinajstić information content (AvgIpc) is 2.92. The standard InChI is InChI=1S/C17H15BrClNO2S2/c1-12-10-20(24(21,22)17-5-3-2-4-15(17)19)11-16(12)23-14-8-6-13(18)7-9-14/h2-9,16H,1,10-11H2/t16-/m0/s1. The number of nitrogens with zero attached hydrogens (tertiary/aromatic N) is 1. The van der Waals surface area contributed by atoms with Gasteiger partial charge in [0, 0.05) is 27.7 Å². The first-order valence-electron chi connectivity index (χ1n) is 7.22. The first kappa shape index (κ1) is 18.0. The SMILES string of the molecule is C=C1CN(S(=O)(=O)c2ccccc2Cl)C[C@@H]1Sc1ccc(Br)cc1. The van der Waals surface area contributed by atoms with Gasteiger partial charge in [-0.25, -0.2) is 8.42 Å². The summed E-state index contributed by atoms with van der Waals surface area (Å²) in [5.74, 6) is 0. The molecule has 3 rings (SSSR count). The number of thioether (sulfide) groups is 1. The fourth-order valence-corrected chi connectivity index (χ4v) is 5.91. The Morgan fingerprint density at radius 1 is 1.17 bits per heavy atom. The van der Waals surface area contributed by atoms with Crippen LogP contribution in [-0.4, -0.2) is 31.1 Å². The predicted octanol–water partition coefficient (Wildman–Crippen LogP) is 4.82. The van der Waals surface area contributed by atoms with Crippen molar-refractivity contribution in [2.24, 2.45) is 0 Å². The number of sulfonamides is 1. The topological polar surface area (TPSA) is 37.4 Å². The van der Waals surface area contributed by atoms with Crippen LogP contribution in [0, 0.1) is 0 Å². The van der Waals surface area contributed by atoms with Crippen LogP contribution >= 0.6 is 39.3 Å². The van der Waals surface area contributed by atoms with Gasteiger partial charge in [-0.05, 0) is 42.0 Å². The summed E-state index contributed by atoms with van der Waals surface area (Å²) in [5, 5.41) is 0.274. The molecule has 0 radical (unpaired) electrons. The van der Waals surface area contributed by atoms with Gasteiger partial charge in [-0.3, -0.25) is 0 Å². The quantitative estimate of drug-likeness (QED) is 0.634. The van der Waals surface area contributed by atoms with Crippen molar-refractivity contribution in [3.05, 3.63) is 70.2 Å². The lowest BCUT2D eigenvalue weighted by Gasteiger charge is -2.17. The largest absolute Gasteiger partial charge is 0.244 e. The van der Waals surface area contributed by atoms with E-state index in [1.807, 2.05) is 24.3 Å². The van der Waals surface area contributed by atoms with Crippen molar-refractivity contribution in [3.8, 4) is 0 Å². The lowest BCUT2D eigenvalue weighted by Crippen LogP contribution is -2.29. The molecule has 2 aromatic carbocycles. The molecule has 0 saturated carbocycles. The van der Waals surface area contributed by atoms with Gasteiger partial charge in [0.05, 0.1) is 5.02 Å². The van der Waals surface area contributed by atoms with Crippen molar-refractivity contribution in [1.82, 2.24) is 4.31 Å². The Bertz CT molecular complexity index is 868. The summed E-state index contributed by atoms with van der Waals surface area (Å²) in [4.78, 5) is 1.23. The third-order valence-corrected chi connectivity index (χ3v) is 7.90. The molecule has 0 N–H and O–H groups in total. The molecule has 1 heterocycles. The maximum Gasteiger partial charge on any atom is 0.244 e. The van der Waals surface area contributed by atoms with Crippen LogP contribution in [0.25, 0.3) is 0 Å². The Hall–Kier alpha value is -0.790.